The van der Waals surface area contributed by atoms with Crippen molar-refractivity contribution in [3.05, 3.63) is 105 Å². The van der Waals surface area contributed by atoms with Crippen LogP contribution >= 0.6 is 35.0 Å². The predicted molar refractivity (Wildman–Crippen MR) is 134 cm³/mol. The number of aromatic nitrogens is 3. The van der Waals surface area contributed by atoms with Gasteiger partial charge in [-0.25, -0.2) is 0 Å². The third kappa shape index (κ3) is 5.77. The number of halogens is 2. The molecule has 0 saturated heterocycles. The number of carbonyl (C=O) groups excluding carboxylic acids is 1. The van der Waals surface area contributed by atoms with Crippen LogP contribution in [0.5, 0.6) is 0 Å². The number of aryl methyl sites for hydroxylation is 2. The Kier molecular flexibility index (Phi) is 7.38. The molecule has 0 aliphatic rings. The first-order valence-electron chi connectivity index (χ1n) is 10.3. The molecule has 0 aliphatic carbocycles. The average Bonchev–Trinajstić information content (AvgIpc) is 3.20. The molecule has 4 aromatic rings. The van der Waals surface area contributed by atoms with Gasteiger partial charge in [0.05, 0.1) is 12.2 Å². The average molecular weight is 497 g/mol. The molecule has 0 aliphatic heterocycles. The molecule has 0 atom stereocenters. The van der Waals surface area contributed by atoms with Crippen LogP contribution in [0.2, 0.25) is 10.0 Å². The maximum atomic E-state index is 12.6. The summed E-state index contributed by atoms with van der Waals surface area (Å²) in [6, 6.07) is 20.9. The number of hydrogen-bond acceptors (Lipinski definition) is 4. The summed E-state index contributed by atoms with van der Waals surface area (Å²) < 4.78 is 1.96. The second-order valence-corrected chi connectivity index (χ2v) is 9.45. The van der Waals surface area contributed by atoms with Crippen molar-refractivity contribution in [2.75, 3.05) is 0 Å². The highest BCUT2D eigenvalue weighted by atomic mass is 35.5. The molecule has 0 saturated carbocycles. The first-order chi connectivity index (χ1) is 15.9. The van der Waals surface area contributed by atoms with Gasteiger partial charge in [0.25, 0.3) is 5.91 Å². The number of thioether (sulfide) groups is 1. The van der Waals surface area contributed by atoms with Gasteiger partial charge < -0.3 is 5.32 Å². The number of benzene rings is 3. The van der Waals surface area contributed by atoms with Crippen molar-refractivity contribution >= 4 is 40.9 Å². The van der Waals surface area contributed by atoms with Crippen molar-refractivity contribution in [3.63, 3.8) is 0 Å². The summed E-state index contributed by atoms with van der Waals surface area (Å²) in [6.45, 7) is 4.29. The van der Waals surface area contributed by atoms with E-state index in [1.54, 1.807) is 36.0 Å². The van der Waals surface area contributed by atoms with Gasteiger partial charge in [-0.3, -0.25) is 9.36 Å². The van der Waals surface area contributed by atoms with Crippen molar-refractivity contribution in [3.8, 4) is 5.69 Å². The number of hydrogen-bond donors (Lipinski definition) is 1. The fourth-order valence-electron chi connectivity index (χ4n) is 3.41. The van der Waals surface area contributed by atoms with Crippen molar-refractivity contribution in [2.45, 2.75) is 31.3 Å². The van der Waals surface area contributed by atoms with Gasteiger partial charge in [0.1, 0.15) is 0 Å². The highest BCUT2D eigenvalue weighted by molar-refractivity contribution is 7.98. The maximum absolute atomic E-state index is 12.6. The molecular weight excluding hydrogens is 475 g/mol. The molecule has 0 radical (unpaired) electrons. The molecule has 0 unspecified atom stereocenters. The van der Waals surface area contributed by atoms with Gasteiger partial charge in [-0.05, 0) is 55.3 Å². The molecule has 1 N–H and O–H groups in total. The van der Waals surface area contributed by atoms with Crippen molar-refractivity contribution in [1.82, 2.24) is 20.1 Å². The number of carbonyl (C=O) groups is 1. The summed E-state index contributed by atoms with van der Waals surface area (Å²) in [5.41, 5.74) is 4.81. The van der Waals surface area contributed by atoms with Crippen LogP contribution in [0.25, 0.3) is 5.69 Å². The quantitative estimate of drug-likeness (QED) is 0.300. The Hall–Kier alpha value is -2.80. The van der Waals surface area contributed by atoms with Crippen LogP contribution in [0.1, 0.15) is 32.9 Å². The molecule has 0 bridgehead atoms. The fourth-order valence-corrected chi connectivity index (χ4v) is 4.68. The van der Waals surface area contributed by atoms with Crippen LogP contribution in [-0.4, -0.2) is 20.7 Å². The predicted octanol–water partition coefficient (Wildman–Crippen LogP) is 6.41. The van der Waals surface area contributed by atoms with Crippen LogP contribution in [0.4, 0.5) is 0 Å². The zero-order valence-corrected chi connectivity index (χ0v) is 20.5. The van der Waals surface area contributed by atoms with E-state index in [4.69, 9.17) is 23.2 Å². The Labute approximate surface area is 207 Å². The van der Waals surface area contributed by atoms with E-state index in [1.807, 2.05) is 35.8 Å². The zero-order valence-electron chi connectivity index (χ0n) is 18.2. The summed E-state index contributed by atoms with van der Waals surface area (Å²) in [4.78, 5) is 12.6. The Balaban J connectivity index is 1.62. The van der Waals surface area contributed by atoms with E-state index in [0.717, 1.165) is 22.2 Å². The van der Waals surface area contributed by atoms with E-state index in [2.05, 4.69) is 40.6 Å². The fraction of sp³-hybridized carbons (Fsp3) is 0.160. The van der Waals surface area contributed by atoms with Crippen LogP contribution in [0.15, 0.2) is 71.9 Å². The van der Waals surface area contributed by atoms with Gasteiger partial charge in [0.2, 0.25) is 0 Å². The van der Waals surface area contributed by atoms with E-state index in [0.29, 0.717) is 21.4 Å². The molecule has 3 aromatic carbocycles. The monoisotopic (exact) mass is 496 g/mol. The van der Waals surface area contributed by atoms with Crippen LogP contribution < -0.4 is 5.32 Å². The Morgan fingerprint density at radius 1 is 0.970 bits per heavy atom. The second-order valence-electron chi connectivity index (χ2n) is 7.64. The summed E-state index contributed by atoms with van der Waals surface area (Å²) in [5.74, 6) is 1.13. The lowest BCUT2D eigenvalue weighted by atomic mass is 10.2. The Morgan fingerprint density at radius 2 is 1.76 bits per heavy atom. The SMILES string of the molecule is Cc1cccc(CSc2nnc(CNC(=O)c3cccc(Cl)c3)n2-c2cc(Cl)ccc2C)c1. The Bertz CT molecular complexity index is 1310. The third-order valence-electron chi connectivity index (χ3n) is 5.06. The molecule has 0 spiro atoms. The third-order valence-corrected chi connectivity index (χ3v) is 6.53. The minimum absolute atomic E-state index is 0.204. The molecule has 8 heteroatoms. The molecule has 5 nitrogen and oxygen atoms in total. The standard InChI is InChI=1S/C25H22Cl2N4OS/c1-16-5-3-6-18(11-16)15-33-25-30-29-23(31(25)22-13-21(27)10-9-17(22)2)14-28-24(32)19-7-4-8-20(26)12-19/h3-13H,14-15H2,1-2H3,(H,28,32). The smallest absolute Gasteiger partial charge is 0.251 e. The van der Waals surface area contributed by atoms with Crippen LogP contribution in [-0.2, 0) is 12.3 Å². The van der Waals surface area contributed by atoms with Crippen molar-refractivity contribution in [2.24, 2.45) is 0 Å². The second kappa shape index (κ2) is 10.4. The number of nitrogens with zero attached hydrogens (tertiary/aromatic N) is 3. The van der Waals surface area contributed by atoms with E-state index >= 15 is 0 Å². The summed E-state index contributed by atoms with van der Waals surface area (Å²) in [6.07, 6.45) is 0. The topological polar surface area (TPSA) is 59.8 Å². The number of rotatable bonds is 7. The molecule has 0 fully saturated rings. The van der Waals surface area contributed by atoms with Gasteiger partial charge in [-0.1, -0.05) is 76.9 Å². The summed E-state index contributed by atoms with van der Waals surface area (Å²) >= 11 is 13.9. The van der Waals surface area contributed by atoms with Crippen molar-refractivity contribution < 1.29 is 4.79 Å². The van der Waals surface area contributed by atoms with E-state index < -0.39 is 0 Å². The summed E-state index contributed by atoms with van der Waals surface area (Å²) in [7, 11) is 0. The van der Waals surface area contributed by atoms with Crippen molar-refractivity contribution in [1.29, 1.82) is 0 Å². The highest BCUT2D eigenvalue weighted by Gasteiger charge is 2.18. The van der Waals surface area contributed by atoms with E-state index in [9.17, 15) is 4.79 Å². The maximum Gasteiger partial charge on any atom is 0.251 e. The number of nitrogens with one attached hydrogen (secondary N) is 1. The molecular formula is C25H22Cl2N4OS. The lowest BCUT2D eigenvalue weighted by Gasteiger charge is -2.14. The van der Waals surface area contributed by atoms with Gasteiger partial charge >= 0.3 is 0 Å². The molecule has 4 rings (SSSR count). The van der Waals surface area contributed by atoms with Gasteiger partial charge in [0.15, 0.2) is 11.0 Å². The molecule has 1 aromatic heterocycles. The van der Waals surface area contributed by atoms with Gasteiger partial charge in [-0.15, -0.1) is 10.2 Å². The molecule has 33 heavy (non-hydrogen) atoms. The largest absolute Gasteiger partial charge is 0.345 e. The van der Waals surface area contributed by atoms with E-state index in [-0.39, 0.29) is 12.5 Å². The van der Waals surface area contributed by atoms with E-state index in [1.165, 1.54) is 11.1 Å². The van der Waals surface area contributed by atoms with Gasteiger partial charge in [-0.2, -0.15) is 0 Å². The number of amides is 1. The normalized spacial score (nSPS) is 10.9. The zero-order chi connectivity index (χ0) is 23.4. The lowest BCUT2D eigenvalue weighted by molar-refractivity contribution is 0.0949. The first kappa shape index (κ1) is 23.4. The van der Waals surface area contributed by atoms with Crippen LogP contribution in [0, 0.1) is 13.8 Å². The minimum atomic E-state index is -0.233. The molecule has 168 valence electrons. The van der Waals surface area contributed by atoms with Gasteiger partial charge in [0, 0.05) is 21.4 Å². The Morgan fingerprint density at radius 3 is 2.55 bits per heavy atom. The molecule has 1 heterocycles. The summed E-state index contributed by atoms with van der Waals surface area (Å²) in [5, 5.41) is 13.6. The van der Waals surface area contributed by atoms with Crippen LogP contribution in [0.3, 0.4) is 0 Å². The lowest BCUT2D eigenvalue weighted by Crippen LogP contribution is -2.24. The highest BCUT2D eigenvalue weighted by Crippen LogP contribution is 2.28. The first-order valence-corrected chi connectivity index (χ1v) is 12.1. The minimum Gasteiger partial charge on any atom is -0.345 e. The molecule has 1 amide bonds.